The minimum atomic E-state index is 0.393. The molecule has 1 aromatic heterocycles. The maximum Gasteiger partial charge on any atom is 0.148 e. The van der Waals surface area contributed by atoms with Gasteiger partial charge >= 0.3 is 0 Å². The van der Waals surface area contributed by atoms with Crippen LogP contribution in [0.25, 0.3) is 0 Å². The number of nitrogens with one attached hydrogen (secondary N) is 1. The standard InChI is InChI=1S/C10H15N3O/c1-7-5-11-8(2)10(12-7)13-9-3-4-14-6-9/h5,9H,3-4,6H2,1-2H3,(H,12,13). The lowest BCUT2D eigenvalue weighted by molar-refractivity contribution is 0.195. The maximum atomic E-state index is 5.29. The molecule has 1 aliphatic heterocycles. The molecule has 0 saturated carbocycles. The fraction of sp³-hybridized carbons (Fsp3) is 0.600. The summed E-state index contributed by atoms with van der Waals surface area (Å²) in [6, 6.07) is 0.393. The molecule has 0 spiro atoms. The molecule has 2 rings (SSSR count). The van der Waals surface area contributed by atoms with Crippen LogP contribution in [0.5, 0.6) is 0 Å². The topological polar surface area (TPSA) is 47.0 Å². The highest BCUT2D eigenvalue weighted by Crippen LogP contribution is 2.14. The van der Waals surface area contributed by atoms with E-state index in [2.05, 4.69) is 15.3 Å². The van der Waals surface area contributed by atoms with Crippen molar-refractivity contribution in [3.05, 3.63) is 17.6 Å². The summed E-state index contributed by atoms with van der Waals surface area (Å²) < 4.78 is 5.29. The van der Waals surface area contributed by atoms with E-state index in [4.69, 9.17) is 4.74 Å². The zero-order chi connectivity index (χ0) is 9.97. The Morgan fingerprint density at radius 1 is 1.50 bits per heavy atom. The highest BCUT2D eigenvalue weighted by atomic mass is 16.5. The van der Waals surface area contributed by atoms with Crippen LogP contribution >= 0.6 is 0 Å². The molecule has 1 atom stereocenters. The SMILES string of the molecule is Cc1cnc(C)c(NC2CCOC2)n1. The molecule has 1 fully saturated rings. The molecule has 0 amide bonds. The third-order valence-corrected chi connectivity index (χ3v) is 2.35. The molecule has 1 unspecified atom stereocenters. The fourth-order valence-electron chi connectivity index (χ4n) is 1.52. The largest absolute Gasteiger partial charge is 0.379 e. The first kappa shape index (κ1) is 9.40. The van der Waals surface area contributed by atoms with Gasteiger partial charge in [0, 0.05) is 12.8 Å². The normalized spacial score (nSPS) is 21.1. The predicted octanol–water partition coefficient (Wildman–Crippen LogP) is 1.29. The summed E-state index contributed by atoms with van der Waals surface area (Å²) in [5.74, 6) is 0.889. The zero-order valence-electron chi connectivity index (χ0n) is 8.58. The van der Waals surface area contributed by atoms with Crippen LogP contribution in [0, 0.1) is 13.8 Å². The average Bonchev–Trinajstić information content (AvgIpc) is 2.64. The van der Waals surface area contributed by atoms with Crippen molar-refractivity contribution in [3.8, 4) is 0 Å². The minimum Gasteiger partial charge on any atom is -0.379 e. The van der Waals surface area contributed by atoms with Gasteiger partial charge in [-0.25, -0.2) is 4.98 Å². The summed E-state index contributed by atoms with van der Waals surface area (Å²) >= 11 is 0. The lowest BCUT2D eigenvalue weighted by Crippen LogP contribution is -2.20. The van der Waals surface area contributed by atoms with Crippen molar-refractivity contribution in [3.63, 3.8) is 0 Å². The van der Waals surface area contributed by atoms with Crippen LogP contribution in [0.3, 0.4) is 0 Å². The predicted molar refractivity (Wildman–Crippen MR) is 54.4 cm³/mol. The second-order valence-corrected chi connectivity index (χ2v) is 3.65. The van der Waals surface area contributed by atoms with Crippen LogP contribution < -0.4 is 5.32 Å². The molecule has 1 saturated heterocycles. The van der Waals surface area contributed by atoms with Gasteiger partial charge in [-0.15, -0.1) is 0 Å². The molecular formula is C10H15N3O. The third-order valence-electron chi connectivity index (χ3n) is 2.35. The number of aryl methyl sites for hydroxylation is 2. The van der Waals surface area contributed by atoms with Crippen LogP contribution in [0.4, 0.5) is 5.82 Å². The summed E-state index contributed by atoms with van der Waals surface area (Å²) in [6.07, 6.45) is 2.83. The molecule has 1 aromatic rings. The lowest BCUT2D eigenvalue weighted by Gasteiger charge is -2.13. The molecule has 1 N–H and O–H groups in total. The molecule has 2 heterocycles. The van der Waals surface area contributed by atoms with E-state index in [0.29, 0.717) is 6.04 Å². The van der Waals surface area contributed by atoms with Gasteiger partial charge in [-0.3, -0.25) is 4.98 Å². The monoisotopic (exact) mass is 193 g/mol. The Hall–Kier alpha value is -1.16. The van der Waals surface area contributed by atoms with Crippen molar-refractivity contribution in [2.45, 2.75) is 26.3 Å². The molecule has 0 radical (unpaired) electrons. The number of hydrogen-bond acceptors (Lipinski definition) is 4. The maximum absolute atomic E-state index is 5.29. The summed E-state index contributed by atoms with van der Waals surface area (Å²) in [4.78, 5) is 8.66. The summed E-state index contributed by atoms with van der Waals surface area (Å²) in [5, 5.41) is 3.35. The second kappa shape index (κ2) is 3.92. The summed E-state index contributed by atoms with van der Waals surface area (Å²) in [6.45, 7) is 5.53. The van der Waals surface area contributed by atoms with Crippen LogP contribution in [-0.4, -0.2) is 29.2 Å². The quantitative estimate of drug-likeness (QED) is 0.769. The molecular weight excluding hydrogens is 178 g/mol. The Kier molecular flexibility index (Phi) is 2.63. The molecule has 0 aromatic carbocycles. The van der Waals surface area contributed by atoms with Crippen molar-refractivity contribution in [1.29, 1.82) is 0 Å². The van der Waals surface area contributed by atoms with Gasteiger partial charge in [0.1, 0.15) is 5.82 Å². The number of hydrogen-bond donors (Lipinski definition) is 1. The number of anilines is 1. The van der Waals surface area contributed by atoms with Crippen LogP contribution in [0.15, 0.2) is 6.20 Å². The first-order valence-corrected chi connectivity index (χ1v) is 4.90. The number of rotatable bonds is 2. The first-order valence-electron chi connectivity index (χ1n) is 4.90. The van der Waals surface area contributed by atoms with Gasteiger partial charge in [-0.1, -0.05) is 0 Å². The van der Waals surface area contributed by atoms with E-state index in [1.165, 1.54) is 0 Å². The van der Waals surface area contributed by atoms with E-state index < -0.39 is 0 Å². The van der Waals surface area contributed by atoms with Gasteiger partial charge in [0.25, 0.3) is 0 Å². The number of aromatic nitrogens is 2. The van der Waals surface area contributed by atoms with Gasteiger partial charge in [-0.05, 0) is 20.3 Å². The number of ether oxygens (including phenoxy) is 1. The molecule has 4 heteroatoms. The average molecular weight is 193 g/mol. The first-order chi connectivity index (χ1) is 6.75. The van der Waals surface area contributed by atoms with E-state index in [9.17, 15) is 0 Å². The number of nitrogens with zero attached hydrogens (tertiary/aromatic N) is 2. The van der Waals surface area contributed by atoms with Crippen molar-refractivity contribution in [2.75, 3.05) is 18.5 Å². The Labute approximate surface area is 83.7 Å². The van der Waals surface area contributed by atoms with E-state index >= 15 is 0 Å². The van der Waals surface area contributed by atoms with E-state index in [1.807, 2.05) is 13.8 Å². The highest BCUT2D eigenvalue weighted by Gasteiger charge is 2.16. The van der Waals surface area contributed by atoms with Gasteiger partial charge < -0.3 is 10.1 Å². The molecule has 14 heavy (non-hydrogen) atoms. The second-order valence-electron chi connectivity index (χ2n) is 3.65. The van der Waals surface area contributed by atoms with Gasteiger partial charge in [0.05, 0.1) is 24.0 Å². The van der Waals surface area contributed by atoms with Gasteiger partial charge in [0.2, 0.25) is 0 Å². The Morgan fingerprint density at radius 2 is 2.36 bits per heavy atom. The van der Waals surface area contributed by atoms with Crippen LogP contribution in [-0.2, 0) is 4.74 Å². The van der Waals surface area contributed by atoms with Crippen molar-refractivity contribution >= 4 is 5.82 Å². The zero-order valence-corrected chi connectivity index (χ0v) is 8.58. The van der Waals surface area contributed by atoms with E-state index in [-0.39, 0.29) is 0 Å². The van der Waals surface area contributed by atoms with Crippen molar-refractivity contribution in [1.82, 2.24) is 9.97 Å². The molecule has 4 nitrogen and oxygen atoms in total. The van der Waals surface area contributed by atoms with E-state index in [1.54, 1.807) is 6.20 Å². The molecule has 0 aliphatic carbocycles. The summed E-state index contributed by atoms with van der Waals surface area (Å²) in [7, 11) is 0. The Morgan fingerprint density at radius 3 is 3.07 bits per heavy atom. The third kappa shape index (κ3) is 2.01. The molecule has 76 valence electrons. The minimum absolute atomic E-state index is 0.393. The molecule has 1 aliphatic rings. The smallest absolute Gasteiger partial charge is 0.148 e. The Bertz CT molecular complexity index is 321. The van der Waals surface area contributed by atoms with Gasteiger partial charge in [0.15, 0.2) is 0 Å². The van der Waals surface area contributed by atoms with Crippen LogP contribution in [0.1, 0.15) is 17.8 Å². The molecule has 0 bridgehead atoms. The van der Waals surface area contributed by atoms with E-state index in [0.717, 1.165) is 36.8 Å². The van der Waals surface area contributed by atoms with Gasteiger partial charge in [-0.2, -0.15) is 0 Å². The lowest BCUT2D eigenvalue weighted by atomic mass is 10.2. The van der Waals surface area contributed by atoms with Crippen molar-refractivity contribution < 1.29 is 4.74 Å². The highest BCUT2D eigenvalue weighted by molar-refractivity contribution is 5.40. The van der Waals surface area contributed by atoms with Crippen LogP contribution in [0.2, 0.25) is 0 Å². The Balaban J connectivity index is 2.10. The summed E-state index contributed by atoms with van der Waals surface area (Å²) in [5.41, 5.74) is 1.89. The van der Waals surface area contributed by atoms with Crippen molar-refractivity contribution in [2.24, 2.45) is 0 Å². The fourth-order valence-corrected chi connectivity index (χ4v) is 1.52.